The van der Waals surface area contributed by atoms with Crippen molar-refractivity contribution in [2.24, 2.45) is 0 Å². The van der Waals surface area contributed by atoms with Gasteiger partial charge in [-0.2, -0.15) is 0 Å². The summed E-state index contributed by atoms with van der Waals surface area (Å²) in [6, 6.07) is 8.90. The number of likely N-dealkylation sites (N-methyl/N-ethyl adjacent to an activating group) is 1. The lowest BCUT2D eigenvalue weighted by Gasteiger charge is -2.28. The summed E-state index contributed by atoms with van der Waals surface area (Å²) in [4.78, 5) is 31.4. The predicted molar refractivity (Wildman–Crippen MR) is 102 cm³/mol. The summed E-state index contributed by atoms with van der Waals surface area (Å²) in [5, 5.41) is 3.24. The average Bonchev–Trinajstić information content (AvgIpc) is 3.31. The predicted octanol–water partition coefficient (Wildman–Crippen LogP) is 3.71. The molecule has 7 nitrogen and oxygen atoms in total. The number of aromatic nitrogens is 1. The fourth-order valence-electron chi connectivity index (χ4n) is 2.98. The Balaban J connectivity index is 1.64. The van der Waals surface area contributed by atoms with Crippen LogP contribution >= 0.6 is 11.3 Å². The Morgan fingerprint density at radius 3 is 2.96 bits per heavy atom. The molecule has 0 unspecified atom stereocenters. The molecular weight excluding hydrogens is 366 g/mol. The van der Waals surface area contributed by atoms with E-state index in [-0.39, 0.29) is 24.2 Å². The highest BCUT2D eigenvalue weighted by Crippen LogP contribution is 2.38. The van der Waals surface area contributed by atoms with Crippen molar-refractivity contribution in [3.05, 3.63) is 47.2 Å². The minimum Gasteiger partial charge on any atom is -0.482 e. The van der Waals surface area contributed by atoms with E-state index >= 15 is 0 Å². The van der Waals surface area contributed by atoms with Crippen LogP contribution in [0.5, 0.6) is 5.75 Å². The Bertz CT molecular complexity index is 1010. The van der Waals surface area contributed by atoms with Crippen molar-refractivity contribution in [3.63, 3.8) is 0 Å². The van der Waals surface area contributed by atoms with Gasteiger partial charge in [-0.15, -0.1) is 11.3 Å². The maximum Gasteiger partial charge on any atom is 0.293 e. The maximum atomic E-state index is 12.1. The van der Waals surface area contributed by atoms with E-state index in [1.165, 1.54) is 17.6 Å². The molecule has 1 aromatic carbocycles. The zero-order valence-corrected chi connectivity index (χ0v) is 15.6. The number of carbonyl (C=O) groups is 2. The number of hydrogen-bond acceptors (Lipinski definition) is 6. The number of hydrogen-bond donors (Lipinski definition) is 1. The van der Waals surface area contributed by atoms with Crippen molar-refractivity contribution in [2.75, 3.05) is 23.4 Å². The van der Waals surface area contributed by atoms with Gasteiger partial charge in [0.05, 0.1) is 17.6 Å². The number of anilines is 2. The zero-order chi connectivity index (χ0) is 19.0. The molecule has 2 amide bonds. The number of benzene rings is 1. The van der Waals surface area contributed by atoms with Gasteiger partial charge in [0.25, 0.3) is 11.8 Å². The Morgan fingerprint density at radius 2 is 2.22 bits per heavy atom. The topological polar surface area (TPSA) is 84.7 Å². The van der Waals surface area contributed by atoms with E-state index in [0.717, 1.165) is 21.8 Å². The van der Waals surface area contributed by atoms with E-state index in [1.807, 2.05) is 32.0 Å². The number of nitrogens with one attached hydrogen (secondary N) is 1. The lowest BCUT2D eigenvalue weighted by atomic mass is 10.1. The molecule has 1 aliphatic heterocycles. The zero-order valence-electron chi connectivity index (χ0n) is 14.8. The molecule has 0 spiro atoms. The van der Waals surface area contributed by atoms with Gasteiger partial charge in [-0.3, -0.25) is 14.9 Å². The van der Waals surface area contributed by atoms with Crippen LogP contribution in [0.1, 0.15) is 22.4 Å². The highest BCUT2D eigenvalue weighted by atomic mass is 32.1. The van der Waals surface area contributed by atoms with E-state index in [9.17, 15) is 9.59 Å². The average molecular weight is 383 g/mol. The number of ether oxygens (including phenoxy) is 1. The lowest BCUT2D eigenvalue weighted by Crippen LogP contribution is -2.38. The van der Waals surface area contributed by atoms with Gasteiger partial charge in [0.2, 0.25) is 0 Å². The third kappa shape index (κ3) is 3.19. The molecule has 8 heteroatoms. The van der Waals surface area contributed by atoms with Crippen LogP contribution in [0.25, 0.3) is 11.3 Å². The van der Waals surface area contributed by atoms with Crippen molar-refractivity contribution < 1.29 is 18.7 Å². The van der Waals surface area contributed by atoms with Crippen LogP contribution in [0.2, 0.25) is 0 Å². The van der Waals surface area contributed by atoms with Gasteiger partial charge in [0, 0.05) is 17.0 Å². The molecule has 0 fully saturated rings. The number of aryl methyl sites for hydroxylation is 1. The molecule has 27 heavy (non-hydrogen) atoms. The molecular formula is C19H17N3O4S. The molecule has 1 N–H and O–H groups in total. The second-order valence-electron chi connectivity index (χ2n) is 5.96. The van der Waals surface area contributed by atoms with E-state index < -0.39 is 0 Å². The van der Waals surface area contributed by atoms with Gasteiger partial charge < -0.3 is 14.1 Å². The quantitative estimate of drug-likeness (QED) is 0.742. The summed E-state index contributed by atoms with van der Waals surface area (Å²) in [5.74, 6) is 0.498. The highest BCUT2D eigenvalue weighted by molar-refractivity contribution is 7.16. The highest BCUT2D eigenvalue weighted by Gasteiger charge is 2.25. The second-order valence-corrected chi connectivity index (χ2v) is 7.17. The SMILES string of the molecule is CCN1C(=O)COc2ccc(-c3nc(NC(=O)c4ccco4)sc3C)cc21. The fourth-order valence-corrected chi connectivity index (χ4v) is 3.81. The van der Waals surface area contributed by atoms with E-state index in [1.54, 1.807) is 17.0 Å². The normalized spacial score (nSPS) is 13.3. The van der Waals surface area contributed by atoms with Crippen LogP contribution in [0, 0.1) is 6.92 Å². The molecule has 0 saturated heterocycles. The van der Waals surface area contributed by atoms with Gasteiger partial charge in [-0.05, 0) is 44.2 Å². The summed E-state index contributed by atoms with van der Waals surface area (Å²) in [7, 11) is 0. The number of amides is 2. The van der Waals surface area contributed by atoms with E-state index in [0.29, 0.717) is 17.4 Å². The number of thiazole rings is 1. The van der Waals surface area contributed by atoms with Crippen LogP contribution in [-0.2, 0) is 4.79 Å². The molecule has 4 rings (SSSR count). The molecule has 2 aromatic heterocycles. The van der Waals surface area contributed by atoms with Crippen LogP contribution in [0.4, 0.5) is 10.8 Å². The van der Waals surface area contributed by atoms with Crippen molar-refractivity contribution in [3.8, 4) is 17.0 Å². The first-order valence-electron chi connectivity index (χ1n) is 8.46. The van der Waals surface area contributed by atoms with Crippen molar-refractivity contribution >= 4 is 34.0 Å². The fraction of sp³-hybridized carbons (Fsp3) is 0.211. The molecule has 0 radical (unpaired) electrons. The number of rotatable bonds is 4. The first-order valence-corrected chi connectivity index (χ1v) is 9.28. The summed E-state index contributed by atoms with van der Waals surface area (Å²) in [5.41, 5.74) is 2.35. The molecule has 0 aliphatic carbocycles. The summed E-state index contributed by atoms with van der Waals surface area (Å²) >= 11 is 1.38. The van der Waals surface area contributed by atoms with Crippen LogP contribution in [0.3, 0.4) is 0 Å². The number of nitrogens with zero attached hydrogens (tertiary/aromatic N) is 2. The first kappa shape index (κ1) is 17.3. The molecule has 0 atom stereocenters. The Hall–Kier alpha value is -3.13. The van der Waals surface area contributed by atoms with Gasteiger partial charge in [-0.1, -0.05) is 0 Å². The standard InChI is InChI=1S/C19H17N3O4S/c1-3-22-13-9-12(6-7-14(13)26-10-16(22)23)17-11(2)27-19(20-17)21-18(24)15-5-4-8-25-15/h4-9H,3,10H2,1-2H3,(H,20,21,24). The number of carbonyl (C=O) groups excluding carboxylic acids is 2. The first-order chi connectivity index (χ1) is 13.1. The molecule has 0 saturated carbocycles. The minimum atomic E-state index is -0.345. The lowest BCUT2D eigenvalue weighted by molar-refractivity contribution is -0.121. The summed E-state index contributed by atoms with van der Waals surface area (Å²) in [6.45, 7) is 4.49. The summed E-state index contributed by atoms with van der Waals surface area (Å²) < 4.78 is 10.6. The van der Waals surface area contributed by atoms with E-state index in [2.05, 4.69) is 10.3 Å². The molecule has 138 valence electrons. The van der Waals surface area contributed by atoms with Crippen molar-refractivity contribution in [1.29, 1.82) is 0 Å². The second kappa shape index (κ2) is 6.88. The molecule has 3 aromatic rings. The Kier molecular flexibility index (Phi) is 4.41. The van der Waals surface area contributed by atoms with Gasteiger partial charge in [0.1, 0.15) is 5.75 Å². The third-order valence-corrected chi connectivity index (χ3v) is 5.14. The monoisotopic (exact) mass is 383 g/mol. The van der Waals surface area contributed by atoms with Gasteiger partial charge in [-0.25, -0.2) is 4.98 Å². The van der Waals surface area contributed by atoms with Crippen LogP contribution < -0.4 is 15.0 Å². The van der Waals surface area contributed by atoms with Crippen LogP contribution in [-0.4, -0.2) is 29.9 Å². The van der Waals surface area contributed by atoms with Crippen molar-refractivity contribution in [1.82, 2.24) is 4.98 Å². The van der Waals surface area contributed by atoms with Gasteiger partial charge in [0.15, 0.2) is 17.5 Å². The largest absolute Gasteiger partial charge is 0.482 e. The third-order valence-electron chi connectivity index (χ3n) is 4.25. The Morgan fingerprint density at radius 1 is 1.37 bits per heavy atom. The van der Waals surface area contributed by atoms with Crippen LogP contribution in [0.15, 0.2) is 41.0 Å². The summed E-state index contributed by atoms with van der Waals surface area (Å²) in [6.07, 6.45) is 1.45. The van der Waals surface area contributed by atoms with Gasteiger partial charge >= 0.3 is 0 Å². The molecule has 1 aliphatic rings. The smallest absolute Gasteiger partial charge is 0.293 e. The molecule has 0 bridgehead atoms. The Labute approximate surface area is 159 Å². The number of fused-ring (bicyclic) bond motifs is 1. The minimum absolute atomic E-state index is 0.0544. The van der Waals surface area contributed by atoms with E-state index in [4.69, 9.17) is 9.15 Å². The molecule has 3 heterocycles. The number of furan rings is 1. The maximum absolute atomic E-state index is 12.1. The van der Waals surface area contributed by atoms with Crippen molar-refractivity contribution in [2.45, 2.75) is 13.8 Å².